The third kappa shape index (κ3) is 7.24. The number of ketones is 1. The van der Waals surface area contributed by atoms with Gasteiger partial charge in [0, 0.05) is 25.8 Å². The van der Waals surface area contributed by atoms with E-state index in [1.54, 1.807) is 19.9 Å². The quantitative estimate of drug-likeness (QED) is 0.0786. The van der Waals surface area contributed by atoms with Crippen molar-refractivity contribution >= 4 is 23.6 Å². The molecule has 0 saturated carbocycles. The molecule has 47 heavy (non-hydrogen) atoms. The molecule has 0 aliphatic carbocycles. The number of carboxylic acids is 1. The van der Waals surface area contributed by atoms with Crippen molar-refractivity contribution in [1.82, 2.24) is 10.2 Å². The summed E-state index contributed by atoms with van der Waals surface area (Å²) in [7, 11) is 1.46. The van der Waals surface area contributed by atoms with E-state index in [0.717, 1.165) is 12.5 Å². The maximum atomic E-state index is 13.6. The lowest BCUT2D eigenvalue weighted by Crippen LogP contribution is -2.61. The van der Waals surface area contributed by atoms with Crippen molar-refractivity contribution in [3.8, 4) is 0 Å². The molecule has 13 heteroatoms. The normalized spacial score (nSPS) is 39.0. The Bertz CT molecular complexity index is 1380. The number of allylic oxidation sites excluding steroid dienone is 3. The summed E-state index contributed by atoms with van der Waals surface area (Å²) in [5.74, 6) is -4.77. The predicted octanol–water partition coefficient (Wildman–Crippen LogP) is 2.55. The monoisotopic (exact) mass is 660 g/mol. The van der Waals surface area contributed by atoms with E-state index in [2.05, 4.69) is 31.3 Å². The van der Waals surface area contributed by atoms with Gasteiger partial charge in [0.05, 0.1) is 36.9 Å². The van der Waals surface area contributed by atoms with Crippen molar-refractivity contribution in [3.05, 3.63) is 47.3 Å². The molecule has 5 rings (SSSR count). The number of hydrogen-bond acceptors (Lipinski definition) is 10. The van der Waals surface area contributed by atoms with Crippen LogP contribution in [0.5, 0.6) is 0 Å². The van der Waals surface area contributed by atoms with E-state index in [9.17, 15) is 24.6 Å². The molecule has 0 aromatic heterocycles. The number of aliphatic carboxylic acids is 1. The topological polar surface area (TPSA) is 184 Å². The molecule has 0 aromatic carbocycles. The second kappa shape index (κ2) is 14.0. The van der Waals surface area contributed by atoms with Crippen molar-refractivity contribution in [2.45, 2.75) is 109 Å². The third-order valence-corrected chi connectivity index (χ3v) is 9.67. The van der Waals surface area contributed by atoms with Gasteiger partial charge in [-0.1, -0.05) is 44.6 Å². The molecule has 4 N–H and O–H groups in total. The molecule has 2 amide bonds. The van der Waals surface area contributed by atoms with Crippen molar-refractivity contribution in [2.24, 2.45) is 17.8 Å². The van der Waals surface area contributed by atoms with Gasteiger partial charge in [-0.2, -0.15) is 0 Å². The molecular weight excluding hydrogens is 612 g/mol. The summed E-state index contributed by atoms with van der Waals surface area (Å²) in [6.45, 7) is 12.8. The van der Waals surface area contributed by atoms with Crippen LogP contribution in [-0.4, -0.2) is 106 Å². The first-order valence-electron chi connectivity index (χ1n) is 16.1. The molecule has 260 valence electrons. The van der Waals surface area contributed by atoms with E-state index in [4.69, 9.17) is 28.8 Å². The van der Waals surface area contributed by atoms with Crippen LogP contribution in [0.1, 0.15) is 61.3 Å². The number of nitrogens with zero attached hydrogens (tertiary/aromatic N) is 1. The zero-order valence-corrected chi connectivity index (χ0v) is 28.3. The molecule has 1 spiro atoms. The molecule has 5 aliphatic heterocycles. The lowest BCUT2D eigenvalue weighted by atomic mass is 9.82. The number of aliphatic hydroxyl groups excluding tert-OH is 2. The molecule has 4 fully saturated rings. The largest absolute Gasteiger partial charge is 0.507 e. The van der Waals surface area contributed by atoms with Crippen molar-refractivity contribution in [2.75, 3.05) is 13.7 Å². The summed E-state index contributed by atoms with van der Waals surface area (Å²) < 4.78 is 24.3. The number of Topliss-reactive ketones (excluding diaryl/α,β-unsaturated/α-hetero) is 1. The van der Waals surface area contributed by atoms with Crippen LogP contribution in [0.25, 0.3) is 0 Å². The Hall–Kier alpha value is -3.36. The van der Waals surface area contributed by atoms with Crippen molar-refractivity contribution in [1.29, 1.82) is 0 Å². The average molecular weight is 661 g/mol. The van der Waals surface area contributed by atoms with E-state index < -0.39 is 71.1 Å². The fourth-order valence-corrected chi connectivity index (χ4v) is 6.82. The maximum Gasteiger partial charge on any atom is 0.300 e. The Morgan fingerprint density at radius 2 is 1.74 bits per heavy atom. The lowest BCUT2D eigenvalue weighted by molar-refractivity contribution is -0.346. The minimum atomic E-state index is -1.15. The number of epoxide rings is 1. The number of rotatable bonds is 7. The number of carbonyl (C=O) groups is 4. The van der Waals surface area contributed by atoms with Crippen LogP contribution in [0.2, 0.25) is 0 Å². The highest BCUT2D eigenvalue weighted by Crippen LogP contribution is 2.52. The highest BCUT2D eigenvalue weighted by molar-refractivity contribution is 6.27. The van der Waals surface area contributed by atoms with Crippen LogP contribution in [0, 0.1) is 17.8 Å². The molecule has 5 aliphatic rings. The van der Waals surface area contributed by atoms with Gasteiger partial charge in [-0.05, 0) is 45.8 Å². The summed E-state index contributed by atoms with van der Waals surface area (Å²) in [5.41, 5.74) is -0.127. The van der Waals surface area contributed by atoms with Crippen LogP contribution in [0.4, 0.5) is 0 Å². The van der Waals surface area contributed by atoms with Gasteiger partial charge in [-0.3, -0.25) is 19.2 Å². The number of carboxylic acid groups (broad SMARTS) is 1. The zero-order valence-electron chi connectivity index (χ0n) is 28.3. The highest BCUT2D eigenvalue weighted by atomic mass is 16.8. The van der Waals surface area contributed by atoms with Crippen LogP contribution in [0.15, 0.2) is 47.3 Å². The molecule has 4 saturated heterocycles. The number of amides is 2. The first kappa shape index (κ1) is 36.5. The number of fused-ring (bicyclic) bond motifs is 3. The molecule has 11 unspecified atom stereocenters. The van der Waals surface area contributed by atoms with Gasteiger partial charge in [0.25, 0.3) is 11.9 Å². The van der Waals surface area contributed by atoms with Gasteiger partial charge in [0.1, 0.15) is 23.6 Å². The van der Waals surface area contributed by atoms with Crippen LogP contribution in [-0.2, 0) is 38.1 Å². The Morgan fingerprint density at radius 3 is 2.32 bits per heavy atom. The average Bonchev–Trinajstić information content (AvgIpc) is 3.75. The summed E-state index contributed by atoms with van der Waals surface area (Å²) in [6, 6.07) is -1.15. The van der Waals surface area contributed by atoms with E-state index in [1.807, 2.05) is 19.9 Å². The molecule has 5 heterocycles. The minimum absolute atomic E-state index is 0.0220. The van der Waals surface area contributed by atoms with Crippen LogP contribution < -0.4 is 5.32 Å². The van der Waals surface area contributed by atoms with Gasteiger partial charge >= 0.3 is 0 Å². The Morgan fingerprint density at radius 1 is 1.11 bits per heavy atom. The highest BCUT2D eigenvalue weighted by Gasteiger charge is 2.66. The predicted molar refractivity (Wildman–Crippen MR) is 169 cm³/mol. The number of likely N-dealkylation sites (tertiary alicyclic amines) is 1. The van der Waals surface area contributed by atoms with E-state index >= 15 is 0 Å². The fraction of sp³-hybridized carbons (Fsp3) is 0.647. The van der Waals surface area contributed by atoms with Gasteiger partial charge in [-0.25, -0.2) is 0 Å². The van der Waals surface area contributed by atoms with Gasteiger partial charge in [-0.15, -0.1) is 0 Å². The molecule has 13 nitrogen and oxygen atoms in total. The van der Waals surface area contributed by atoms with Crippen molar-refractivity contribution in [3.63, 3.8) is 0 Å². The zero-order chi connectivity index (χ0) is 35.0. The Labute approximate surface area is 275 Å². The van der Waals surface area contributed by atoms with Gasteiger partial charge in [0.2, 0.25) is 11.7 Å². The van der Waals surface area contributed by atoms with E-state index in [-0.39, 0.29) is 29.6 Å². The fourth-order valence-electron chi connectivity index (χ4n) is 6.82. The standard InChI is InChI=1S/C32H44N2O9.C2H4O2/c1-16(14-17(2)28-18(3)23-12-13-32(15-40-32)31(6,42-23)43-28)8-9-22(36)25-27(37)26(19(4)29(38)33-7)34(30(25)39)24-11-10-21(35)20(5)41-24;1-2(3)4/h8-9,12-14,17-21,23-24,26,28,35-36H,10-11,15H2,1-7H3,(H,33,38);1H3,(H,3,4)/b9-8+,16-14?,25-22+;. The second-order valence-corrected chi connectivity index (χ2v) is 13.3. The van der Waals surface area contributed by atoms with E-state index in [1.165, 1.54) is 18.0 Å². The van der Waals surface area contributed by atoms with Crippen LogP contribution >= 0.6 is 0 Å². The second-order valence-electron chi connectivity index (χ2n) is 13.3. The smallest absolute Gasteiger partial charge is 0.300 e. The summed E-state index contributed by atoms with van der Waals surface area (Å²) in [6.07, 6.45) is 7.46. The first-order valence-corrected chi connectivity index (χ1v) is 16.1. The number of aliphatic hydroxyl groups is 2. The molecule has 0 aromatic rings. The number of carbonyl (C=O) groups excluding carboxylic acids is 3. The summed E-state index contributed by atoms with van der Waals surface area (Å²) in [5, 5.41) is 31.1. The molecular formula is C34H48N2O11. The summed E-state index contributed by atoms with van der Waals surface area (Å²) >= 11 is 0. The maximum absolute atomic E-state index is 13.6. The molecule has 2 bridgehead atoms. The lowest BCUT2D eigenvalue weighted by Gasteiger charge is -2.51. The van der Waals surface area contributed by atoms with Gasteiger partial charge < -0.3 is 44.5 Å². The first-order chi connectivity index (χ1) is 22.0. The minimum Gasteiger partial charge on any atom is -0.507 e. The van der Waals surface area contributed by atoms with Crippen molar-refractivity contribution < 1.29 is 53.4 Å². The number of nitrogens with one attached hydrogen (secondary N) is 1. The van der Waals surface area contributed by atoms with Gasteiger partial charge in [0.15, 0.2) is 11.4 Å². The Balaban J connectivity index is 0.00000118. The third-order valence-electron chi connectivity index (χ3n) is 9.67. The molecule has 11 atom stereocenters. The Kier molecular flexibility index (Phi) is 10.9. The molecule has 0 radical (unpaired) electrons. The number of hydrogen-bond donors (Lipinski definition) is 4. The SMILES string of the molecule is CC(=O)O.CNC(=O)C(C)C1C(=O)/C(=C(O)/C=C/C(C)=CC(C)C2OC3(C)OC(C=CC34CO4)C2C)C(=O)N1C1CCC(O)C(C)O1. The van der Waals surface area contributed by atoms with E-state index in [0.29, 0.717) is 19.4 Å². The number of ether oxygens (including phenoxy) is 4. The summed E-state index contributed by atoms with van der Waals surface area (Å²) in [4.78, 5) is 50.1. The van der Waals surface area contributed by atoms with Crippen LogP contribution in [0.3, 0.4) is 0 Å².